The predicted molar refractivity (Wildman–Crippen MR) is 95.1 cm³/mol. The van der Waals surface area contributed by atoms with Crippen molar-refractivity contribution in [3.05, 3.63) is 23.8 Å². The van der Waals surface area contributed by atoms with Crippen LogP contribution >= 0.6 is 0 Å². The molecule has 0 saturated carbocycles. The summed E-state index contributed by atoms with van der Waals surface area (Å²) in [4.78, 5) is 30.4. The van der Waals surface area contributed by atoms with E-state index in [0.717, 1.165) is 5.56 Å². The molecule has 0 atom stereocenters. The van der Waals surface area contributed by atoms with Gasteiger partial charge in [-0.05, 0) is 18.9 Å². The minimum Gasteiger partial charge on any atom is -0.493 e. The first kappa shape index (κ1) is 17.8. The van der Waals surface area contributed by atoms with Gasteiger partial charge in [0.05, 0.1) is 14.2 Å². The second kappa shape index (κ2) is 7.11. The summed E-state index contributed by atoms with van der Waals surface area (Å²) in [6.45, 7) is 1.18. The SMILES string of the molecule is COc1cccc(CNC(=O)N2CCC3(CC2)N=C(N)NC3=O)c1OC. The molecule has 26 heavy (non-hydrogen) atoms. The summed E-state index contributed by atoms with van der Waals surface area (Å²) in [7, 11) is 3.13. The zero-order chi connectivity index (χ0) is 18.7. The maximum atomic E-state index is 12.5. The number of nitrogens with two attached hydrogens (primary N) is 1. The molecule has 1 saturated heterocycles. The molecule has 2 heterocycles. The van der Waals surface area contributed by atoms with Crippen LogP contribution in [0.1, 0.15) is 18.4 Å². The Bertz CT molecular complexity index is 741. The molecule has 4 N–H and O–H groups in total. The van der Waals surface area contributed by atoms with Crippen LogP contribution in [0.25, 0.3) is 0 Å². The van der Waals surface area contributed by atoms with Crippen LogP contribution < -0.4 is 25.8 Å². The second-order valence-corrected chi connectivity index (χ2v) is 6.28. The molecule has 1 fully saturated rings. The lowest BCUT2D eigenvalue weighted by Crippen LogP contribution is -2.52. The number of carbonyl (C=O) groups excluding carboxylic acids is 2. The number of rotatable bonds is 4. The number of piperidine rings is 1. The molecule has 0 aromatic heterocycles. The van der Waals surface area contributed by atoms with Gasteiger partial charge in [-0.1, -0.05) is 12.1 Å². The summed E-state index contributed by atoms with van der Waals surface area (Å²) in [5.41, 5.74) is 5.59. The lowest BCUT2D eigenvalue weighted by atomic mass is 9.88. The number of hydrogen-bond acceptors (Lipinski definition) is 6. The van der Waals surface area contributed by atoms with E-state index in [2.05, 4.69) is 15.6 Å². The van der Waals surface area contributed by atoms with Gasteiger partial charge in [0.2, 0.25) is 0 Å². The Morgan fingerprint density at radius 2 is 2.08 bits per heavy atom. The average Bonchev–Trinajstić information content (AvgIpc) is 2.92. The number of ether oxygens (including phenoxy) is 2. The number of amides is 3. The third-order valence-electron chi connectivity index (χ3n) is 4.79. The molecular weight excluding hydrogens is 338 g/mol. The van der Waals surface area contributed by atoms with E-state index in [1.54, 1.807) is 25.2 Å². The van der Waals surface area contributed by atoms with Crippen molar-refractivity contribution in [3.63, 3.8) is 0 Å². The van der Waals surface area contributed by atoms with Gasteiger partial charge in [0.1, 0.15) is 5.54 Å². The normalized spacial score (nSPS) is 18.3. The van der Waals surface area contributed by atoms with Gasteiger partial charge in [-0.15, -0.1) is 0 Å². The molecule has 140 valence electrons. The fourth-order valence-corrected chi connectivity index (χ4v) is 3.34. The third kappa shape index (κ3) is 3.24. The van der Waals surface area contributed by atoms with Crippen molar-refractivity contribution in [2.24, 2.45) is 10.7 Å². The second-order valence-electron chi connectivity index (χ2n) is 6.28. The molecule has 0 radical (unpaired) electrons. The molecule has 0 unspecified atom stereocenters. The Kier molecular flexibility index (Phi) is 4.88. The van der Waals surface area contributed by atoms with E-state index in [9.17, 15) is 9.59 Å². The van der Waals surface area contributed by atoms with Gasteiger partial charge < -0.3 is 25.4 Å². The molecule has 2 aliphatic rings. The highest BCUT2D eigenvalue weighted by Gasteiger charge is 2.46. The van der Waals surface area contributed by atoms with E-state index < -0.39 is 5.54 Å². The minimum atomic E-state index is -0.823. The standard InChI is InChI=1S/C17H23N5O4/c1-25-12-5-3-4-11(13(12)26-2)10-19-16(24)22-8-6-17(7-9-22)14(23)20-15(18)21-17/h3-5H,6-10H2,1-2H3,(H,19,24)(H3,18,20,21,23). The van der Waals surface area contributed by atoms with Crippen LogP contribution in [0.2, 0.25) is 0 Å². The molecule has 1 aromatic carbocycles. The summed E-state index contributed by atoms with van der Waals surface area (Å²) < 4.78 is 10.6. The smallest absolute Gasteiger partial charge is 0.317 e. The van der Waals surface area contributed by atoms with Gasteiger partial charge in [-0.25, -0.2) is 9.79 Å². The van der Waals surface area contributed by atoms with Crippen molar-refractivity contribution in [2.75, 3.05) is 27.3 Å². The monoisotopic (exact) mass is 361 g/mol. The Morgan fingerprint density at radius 3 is 2.65 bits per heavy atom. The number of urea groups is 1. The number of nitrogens with zero attached hydrogens (tertiary/aromatic N) is 2. The number of nitrogens with one attached hydrogen (secondary N) is 2. The molecule has 0 aliphatic carbocycles. The summed E-state index contributed by atoms with van der Waals surface area (Å²) in [6.07, 6.45) is 0.908. The molecule has 9 heteroatoms. The van der Waals surface area contributed by atoms with Crippen molar-refractivity contribution in [1.82, 2.24) is 15.5 Å². The molecule has 3 rings (SSSR count). The number of methoxy groups -OCH3 is 2. The van der Waals surface area contributed by atoms with Gasteiger partial charge >= 0.3 is 6.03 Å². The maximum Gasteiger partial charge on any atom is 0.317 e. The largest absolute Gasteiger partial charge is 0.493 e. The van der Waals surface area contributed by atoms with Crippen LogP contribution in [0.15, 0.2) is 23.2 Å². The number of carbonyl (C=O) groups is 2. The number of likely N-dealkylation sites (tertiary alicyclic amines) is 1. The van der Waals surface area contributed by atoms with Gasteiger partial charge in [-0.3, -0.25) is 10.1 Å². The van der Waals surface area contributed by atoms with Crippen molar-refractivity contribution in [3.8, 4) is 11.5 Å². The Labute approximate surface area is 151 Å². The Morgan fingerprint density at radius 1 is 1.35 bits per heavy atom. The molecule has 1 aromatic rings. The highest BCUT2D eigenvalue weighted by molar-refractivity contribution is 6.06. The fraction of sp³-hybridized carbons (Fsp3) is 0.471. The molecule has 3 amide bonds. The number of guanidine groups is 1. The van der Waals surface area contributed by atoms with Crippen LogP contribution in [0.4, 0.5) is 4.79 Å². The van der Waals surface area contributed by atoms with Crippen molar-refractivity contribution in [2.45, 2.75) is 24.9 Å². The average molecular weight is 361 g/mol. The van der Waals surface area contributed by atoms with E-state index in [0.29, 0.717) is 44.0 Å². The van der Waals surface area contributed by atoms with E-state index in [-0.39, 0.29) is 17.9 Å². The topological polar surface area (TPSA) is 118 Å². The lowest BCUT2D eigenvalue weighted by molar-refractivity contribution is -0.125. The van der Waals surface area contributed by atoms with Crippen LogP contribution in [-0.2, 0) is 11.3 Å². The first-order valence-electron chi connectivity index (χ1n) is 8.38. The molecule has 0 bridgehead atoms. The number of para-hydroxylation sites is 1. The number of hydrogen-bond donors (Lipinski definition) is 3. The Balaban J connectivity index is 1.58. The summed E-state index contributed by atoms with van der Waals surface area (Å²) in [5, 5.41) is 5.42. The lowest BCUT2D eigenvalue weighted by Gasteiger charge is -2.35. The highest BCUT2D eigenvalue weighted by Crippen LogP contribution is 2.31. The van der Waals surface area contributed by atoms with Crippen LogP contribution in [-0.4, -0.2) is 55.6 Å². The first-order valence-corrected chi connectivity index (χ1v) is 8.38. The van der Waals surface area contributed by atoms with Crippen LogP contribution in [0.5, 0.6) is 11.5 Å². The molecule has 1 spiro atoms. The van der Waals surface area contributed by atoms with Crippen LogP contribution in [0, 0.1) is 0 Å². The van der Waals surface area contributed by atoms with E-state index in [4.69, 9.17) is 15.2 Å². The molecule has 2 aliphatic heterocycles. The van der Waals surface area contributed by atoms with E-state index in [1.165, 1.54) is 0 Å². The van der Waals surface area contributed by atoms with Crippen molar-refractivity contribution < 1.29 is 19.1 Å². The maximum absolute atomic E-state index is 12.5. The molecular formula is C17H23N5O4. The summed E-state index contributed by atoms with van der Waals surface area (Å²) in [6, 6.07) is 5.31. The Hall–Kier alpha value is -2.97. The molecule has 9 nitrogen and oxygen atoms in total. The summed E-state index contributed by atoms with van der Waals surface area (Å²) in [5.74, 6) is 1.18. The van der Waals surface area contributed by atoms with E-state index >= 15 is 0 Å². The fourth-order valence-electron chi connectivity index (χ4n) is 3.34. The van der Waals surface area contributed by atoms with E-state index in [1.807, 2.05) is 12.1 Å². The zero-order valence-corrected chi connectivity index (χ0v) is 14.9. The predicted octanol–water partition coefficient (Wildman–Crippen LogP) is 0.193. The third-order valence-corrected chi connectivity index (χ3v) is 4.79. The minimum absolute atomic E-state index is 0.151. The highest BCUT2D eigenvalue weighted by atomic mass is 16.5. The quantitative estimate of drug-likeness (QED) is 0.708. The zero-order valence-electron chi connectivity index (χ0n) is 14.9. The number of aliphatic imine (C=N–C) groups is 1. The van der Waals surface area contributed by atoms with Gasteiger partial charge in [0, 0.05) is 25.2 Å². The van der Waals surface area contributed by atoms with Gasteiger partial charge in [-0.2, -0.15) is 0 Å². The number of benzene rings is 1. The first-order chi connectivity index (χ1) is 12.5. The van der Waals surface area contributed by atoms with Crippen LogP contribution in [0.3, 0.4) is 0 Å². The van der Waals surface area contributed by atoms with Crippen molar-refractivity contribution >= 4 is 17.9 Å². The van der Waals surface area contributed by atoms with Gasteiger partial charge in [0.15, 0.2) is 17.5 Å². The van der Waals surface area contributed by atoms with Crippen molar-refractivity contribution in [1.29, 1.82) is 0 Å². The summed E-state index contributed by atoms with van der Waals surface area (Å²) >= 11 is 0. The van der Waals surface area contributed by atoms with Gasteiger partial charge in [0.25, 0.3) is 5.91 Å².